The molecule has 0 saturated carbocycles. The van der Waals surface area contributed by atoms with Crippen LogP contribution in [0, 0.1) is 11.8 Å². The average molecular weight is 348 g/mol. The van der Waals surface area contributed by atoms with E-state index in [4.69, 9.17) is 9.47 Å². The van der Waals surface area contributed by atoms with Gasteiger partial charge < -0.3 is 14.6 Å². The molecule has 6 heteroatoms. The molecule has 1 saturated heterocycles. The molecule has 0 spiro atoms. The van der Waals surface area contributed by atoms with Crippen LogP contribution in [-0.4, -0.2) is 40.6 Å². The summed E-state index contributed by atoms with van der Waals surface area (Å²) < 4.78 is 10.9. The molecule has 1 aliphatic carbocycles. The summed E-state index contributed by atoms with van der Waals surface area (Å²) in [6.07, 6.45) is 2.64. The van der Waals surface area contributed by atoms with Gasteiger partial charge in [-0.15, -0.1) is 0 Å². The van der Waals surface area contributed by atoms with Crippen molar-refractivity contribution in [2.75, 3.05) is 0 Å². The molecule has 25 heavy (non-hydrogen) atoms. The molecule has 0 aromatic rings. The molecule has 0 radical (unpaired) electrons. The van der Waals surface area contributed by atoms with E-state index < -0.39 is 35.7 Å². The molecule has 1 fully saturated rings. The molecule has 0 aromatic carbocycles. The molecule has 136 valence electrons. The monoisotopic (exact) mass is 348 g/mol. The Hall–Kier alpha value is -2.21. The van der Waals surface area contributed by atoms with Crippen molar-refractivity contribution in [3.63, 3.8) is 0 Å². The van der Waals surface area contributed by atoms with Crippen LogP contribution in [0.25, 0.3) is 0 Å². The maximum absolute atomic E-state index is 12.1. The van der Waals surface area contributed by atoms with Gasteiger partial charge in [-0.25, -0.2) is 4.79 Å². The van der Waals surface area contributed by atoms with Gasteiger partial charge in [0.05, 0.1) is 17.4 Å². The first kappa shape index (κ1) is 19.1. The fraction of sp³-hybridized carbons (Fsp3) is 0.526. The topological polar surface area (TPSA) is 89.9 Å². The number of allylic oxidation sites excluding steroid dienone is 2. The lowest BCUT2D eigenvalue weighted by Gasteiger charge is -2.32. The molecular weight excluding hydrogens is 324 g/mol. The first-order chi connectivity index (χ1) is 11.5. The van der Waals surface area contributed by atoms with Crippen LogP contribution in [0.2, 0.25) is 0 Å². The Kier molecular flexibility index (Phi) is 5.32. The molecule has 1 aliphatic heterocycles. The van der Waals surface area contributed by atoms with Gasteiger partial charge in [-0.05, 0) is 37.6 Å². The quantitative estimate of drug-likeness (QED) is 0.605. The van der Waals surface area contributed by atoms with Crippen LogP contribution < -0.4 is 0 Å². The van der Waals surface area contributed by atoms with Crippen molar-refractivity contribution < 1.29 is 29.0 Å². The maximum Gasteiger partial charge on any atom is 0.334 e. The van der Waals surface area contributed by atoms with E-state index in [0.717, 1.165) is 0 Å². The third-order valence-electron chi connectivity index (χ3n) is 4.41. The Morgan fingerprint density at radius 3 is 2.68 bits per heavy atom. The molecule has 2 aliphatic rings. The highest BCUT2D eigenvalue weighted by atomic mass is 16.6. The van der Waals surface area contributed by atoms with Gasteiger partial charge in [-0.1, -0.05) is 20.4 Å². The summed E-state index contributed by atoms with van der Waals surface area (Å²) in [5.41, 5.74) is -0.852. The van der Waals surface area contributed by atoms with Gasteiger partial charge in [0.15, 0.2) is 5.78 Å². The van der Waals surface area contributed by atoms with Crippen molar-refractivity contribution in [1.29, 1.82) is 0 Å². The van der Waals surface area contributed by atoms with Gasteiger partial charge in [0.1, 0.15) is 12.2 Å². The second-order valence-corrected chi connectivity index (χ2v) is 7.16. The molecular formula is C19H24O6. The predicted octanol–water partition coefficient (Wildman–Crippen LogP) is 1.88. The van der Waals surface area contributed by atoms with Crippen molar-refractivity contribution in [2.45, 2.75) is 51.9 Å². The lowest BCUT2D eigenvalue weighted by atomic mass is 9.82. The number of aliphatic hydroxyl groups is 1. The average Bonchev–Trinajstić information content (AvgIpc) is 2.77. The van der Waals surface area contributed by atoms with Crippen molar-refractivity contribution in [1.82, 2.24) is 0 Å². The van der Waals surface area contributed by atoms with E-state index in [9.17, 15) is 19.5 Å². The van der Waals surface area contributed by atoms with E-state index in [1.54, 1.807) is 26.8 Å². The Bertz CT molecular complexity index is 667. The van der Waals surface area contributed by atoms with Crippen molar-refractivity contribution in [3.05, 3.63) is 36.0 Å². The number of carbonyl (C=O) groups excluding carboxylic acids is 3. The van der Waals surface area contributed by atoms with Gasteiger partial charge in [-0.3, -0.25) is 9.59 Å². The third kappa shape index (κ3) is 4.25. The van der Waals surface area contributed by atoms with Gasteiger partial charge in [0.2, 0.25) is 0 Å². The van der Waals surface area contributed by atoms with Crippen LogP contribution in [0.4, 0.5) is 0 Å². The first-order valence-corrected chi connectivity index (χ1v) is 8.26. The molecule has 1 heterocycles. The van der Waals surface area contributed by atoms with E-state index in [0.29, 0.717) is 5.57 Å². The highest BCUT2D eigenvalue weighted by molar-refractivity contribution is 6.03. The Labute approximate surface area is 147 Å². The number of rotatable bonds is 2. The summed E-state index contributed by atoms with van der Waals surface area (Å²) in [6.45, 7) is 10.3. The summed E-state index contributed by atoms with van der Waals surface area (Å²) in [6, 6.07) is 0. The molecule has 4 atom stereocenters. The molecule has 0 aromatic heterocycles. The van der Waals surface area contributed by atoms with E-state index in [1.807, 2.05) is 0 Å². The summed E-state index contributed by atoms with van der Waals surface area (Å²) >= 11 is 0. The zero-order chi connectivity index (χ0) is 18.9. The van der Waals surface area contributed by atoms with Gasteiger partial charge in [0, 0.05) is 12.0 Å². The number of fused-ring (bicyclic) bond motifs is 1. The minimum absolute atomic E-state index is 0.0129. The fourth-order valence-corrected chi connectivity index (χ4v) is 2.90. The maximum atomic E-state index is 12.1. The first-order valence-electron chi connectivity index (χ1n) is 8.26. The van der Waals surface area contributed by atoms with E-state index in [2.05, 4.69) is 6.58 Å². The molecule has 0 unspecified atom stereocenters. The Morgan fingerprint density at radius 2 is 2.08 bits per heavy atom. The van der Waals surface area contributed by atoms with Crippen LogP contribution in [-0.2, 0) is 23.9 Å². The second kappa shape index (κ2) is 6.96. The van der Waals surface area contributed by atoms with Crippen LogP contribution in [0.5, 0.6) is 0 Å². The summed E-state index contributed by atoms with van der Waals surface area (Å²) in [4.78, 5) is 36.2. The standard InChI is InChI=1S/C19H24O6/c1-10(2)17(21)25-15-9-19(5,23)7-6-13(20)11(3)8-14-16(15)12(4)18(22)24-14/h6-8,10,14-16,23H,4,9H2,1-3,5H3/t14-,15-,16+,19+/m1/s1. The summed E-state index contributed by atoms with van der Waals surface area (Å²) in [7, 11) is 0. The minimum Gasteiger partial charge on any atom is -0.461 e. The highest BCUT2D eigenvalue weighted by Crippen LogP contribution is 2.37. The van der Waals surface area contributed by atoms with E-state index in [1.165, 1.54) is 19.1 Å². The number of ketones is 1. The SMILES string of the molecule is C=C1C(=O)O[C@@H]2C=C(C)C(=O)C=C[C@](C)(O)C[C@@H](OC(=O)C(C)C)[C@@H]12. The number of esters is 2. The lowest BCUT2D eigenvalue weighted by molar-refractivity contribution is -0.158. The van der Waals surface area contributed by atoms with Gasteiger partial charge in [0.25, 0.3) is 0 Å². The molecule has 0 bridgehead atoms. The van der Waals surface area contributed by atoms with E-state index in [-0.39, 0.29) is 23.7 Å². The van der Waals surface area contributed by atoms with Crippen molar-refractivity contribution >= 4 is 17.7 Å². The van der Waals surface area contributed by atoms with Crippen LogP contribution in [0.15, 0.2) is 36.0 Å². The Morgan fingerprint density at radius 1 is 1.44 bits per heavy atom. The largest absolute Gasteiger partial charge is 0.461 e. The third-order valence-corrected chi connectivity index (χ3v) is 4.41. The molecule has 1 N–H and O–H groups in total. The fourth-order valence-electron chi connectivity index (χ4n) is 2.90. The number of hydrogen-bond donors (Lipinski definition) is 1. The highest BCUT2D eigenvalue weighted by Gasteiger charge is 2.46. The summed E-state index contributed by atoms with van der Waals surface area (Å²) in [5, 5.41) is 10.6. The smallest absolute Gasteiger partial charge is 0.334 e. The predicted molar refractivity (Wildman–Crippen MR) is 90.4 cm³/mol. The van der Waals surface area contributed by atoms with E-state index >= 15 is 0 Å². The molecule has 6 nitrogen and oxygen atoms in total. The lowest BCUT2D eigenvalue weighted by Crippen LogP contribution is -2.40. The van der Waals surface area contributed by atoms with Crippen LogP contribution >= 0.6 is 0 Å². The number of carbonyl (C=O) groups is 3. The van der Waals surface area contributed by atoms with Crippen molar-refractivity contribution in [2.24, 2.45) is 11.8 Å². The number of hydrogen-bond acceptors (Lipinski definition) is 6. The second-order valence-electron chi connectivity index (χ2n) is 7.16. The molecule has 2 rings (SSSR count). The number of ether oxygens (including phenoxy) is 2. The zero-order valence-corrected chi connectivity index (χ0v) is 14.9. The van der Waals surface area contributed by atoms with Crippen LogP contribution in [0.3, 0.4) is 0 Å². The minimum atomic E-state index is -1.40. The summed E-state index contributed by atoms with van der Waals surface area (Å²) in [5.74, 6) is -2.34. The van der Waals surface area contributed by atoms with Gasteiger partial charge >= 0.3 is 11.9 Å². The Balaban J connectivity index is 2.49. The van der Waals surface area contributed by atoms with Gasteiger partial charge in [-0.2, -0.15) is 0 Å². The van der Waals surface area contributed by atoms with Crippen LogP contribution in [0.1, 0.15) is 34.1 Å². The zero-order valence-electron chi connectivity index (χ0n) is 14.9. The van der Waals surface area contributed by atoms with Crippen molar-refractivity contribution in [3.8, 4) is 0 Å². The normalized spacial score (nSPS) is 33.0. The molecule has 0 amide bonds.